The van der Waals surface area contributed by atoms with Crippen LogP contribution in [0.2, 0.25) is 0 Å². The van der Waals surface area contributed by atoms with Crippen LogP contribution in [-0.4, -0.2) is 33.5 Å². The molecule has 0 saturated heterocycles. The predicted molar refractivity (Wildman–Crippen MR) is 68.3 cm³/mol. The monoisotopic (exact) mass is 252 g/mol. The minimum absolute atomic E-state index is 0.0654. The molecule has 1 aliphatic carbocycles. The van der Waals surface area contributed by atoms with Gasteiger partial charge in [0.2, 0.25) is 0 Å². The van der Waals surface area contributed by atoms with Crippen LogP contribution in [-0.2, 0) is 0 Å². The van der Waals surface area contributed by atoms with E-state index in [0.717, 1.165) is 19.3 Å². The largest absolute Gasteiger partial charge is 0.505 e. The first-order valence-corrected chi connectivity index (χ1v) is 6.97. The van der Waals surface area contributed by atoms with Crippen LogP contribution in [0.4, 0.5) is 0 Å². The third-order valence-corrected chi connectivity index (χ3v) is 4.15. The zero-order valence-electron chi connectivity index (χ0n) is 9.72. The molecule has 0 spiro atoms. The van der Waals surface area contributed by atoms with E-state index < -0.39 is 0 Å². The van der Waals surface area contributed by atoms with E-state index in [1.807, 2.05) is 11.8 Å². The van der Waals surface area contributed by atoms with Crippen molar-refractivity contribution in [2.45, 2.75) is 30.6 Å². The summed E-state index contributed by atoms with van der Waals surface area (Å²) in [5, 5.41) is 13.1. The molecule has 0 aliphatic heterocycles. The molecule has 1 amide bonds. The summed E-state index contributed by atoms with van der Waals surface area (Å²) in [4.78, 5) is 15.8. The van der Waals surface area contributed by atoms with Crippen LogP contribution < -0.4 is 5.32 Å². The molecular weight excluding hydrogens is 236 g/mol. The van der Waals surface area contributed by atoms with Crippen molar-refractivity contribution in [3.05, 3.63) is 24.0 Å². The van der Waals surface area contributed by atoms with Crippen LogP contribution in [0.25, 0.3) is 0 Å². The van der Waals surface area contributed by atoms with E-state index in [9.17, 15) is 9.90 Å². The van der Waals surface area contributed by atoms with Gasteiger partial charge in [-0.05, 0) is 37.7 Å². The molecular formula is C12H16N2O2S. The zero-order valence-corrected chi connectivity index (χ0v) is 10.5. The Morgan fingerprint density at radius 1 is 1.59 bits per heavy atom. The molecule has 2 unspecified atom stereocenters. The fourth-order valence-electron chi connectivity index (χ4n) is 2.11. The van der Waals surface area contributed by atoms with Crippen LogP contribution in [0.1, 0.15) is 29.8 Å². The third kappa shape index (κ3) is 2.91. The summed E-state index contributed by atoms with van der Waals surface area (Å²) in [6.45, 7) is 0. The number of amides is 1. The Bertz CT molecular complexity index is 411. The van der Waals surface area contributed by atoms with Crippen molar-refractivity contribution in [3.63, 3.8) is 0 Å². The van der Waals surface area contributed by atoms with Gasteiger partial charge in [-0.1, -0.05) is 0 Å². The summed E-state index contributed by atoms with van der Waals surface area (Å²) in [6.07, 6.45) is 6.75. The molecule has 1 aromatic rings. The van der Waals surface area contributed by atoms with Crippen LogP contribution in [0.3, 0.4) is 0 Å². The lowest BCUT2D eigenvalue weighted by Crippen LogP contribution is -2.33. The van der Waals surface area contributed by atoms with Crippen LogP contribution in [0.5, 0.6) is 5.75 Å². The molecule has 1 aromatic heterocycles. The number of nitrogens with zero attached hydrogens (tertiary/aromatic N) is 1. The maximum Gasteiger partial charge on any atom is 0.273 e. The standard InChI is InChI=1S/C12H16N2O2S/c1-17-9-5-4-8(7-9)14-12(16)11-10(15)3-2-6-13-11/h2-3,6,8-9,15H,4-5,7H2,1H3,(H,14,16). The van der Waals surface area contributed by atoms with Crippen molar-refractivity contribution in [1.29, 1.82) is 0 Å². The van der Waals surface area contributed by atoms with Gasteiger partial charge in [-0.25, -0.2) is 4.98 Å². The molecule has 5 heteroatoms. The first kappa shape index (κ1) is 12.2. The first-order valence-electron chi connectivity index (χ1n) is 5.68. The topological polar surface area (TPSA) is 62.2 Å². The summed E-state index contributed by atoms with van der Waals surface area (Å²) < 4.78 is 0. The summed E-state index contributed by atoms with van der Waals surface area (Å²) in [6, 6.07) is 3.29. The van der Waals surface area contributed by atoms with Crippen molar-refractivity contribution in [2.75, 3.05) is 6.26 Å². The lowest BCUT2D eigenvalue weighted by Gasteiger charge is -2.12. The number of pyridine rings is 1. The Morgan fingerprint density at radius 3 is 3.06 bits per heavy atom. The van der Waals surface area contributed by atoms with E-state index >= 15 is 0 Å². The summed E-state index contributed by atoms with van der Waals surface area (Å²) in [5.41, 5.74) is 0.111. The normalized spacial score (nSPS) is 23.6. The summed E-state index contributed by atoms with van der Waals surface area (Å²) >= 11 is 1.85. The van der Waals surface area contributed by atoms with E-state index in [0.29, 0.717) is 5.25 Å². The number of nitrogens with one attached hydrogen (secondary N) is 1. The Labute approximate surface area is 105 Å². The number of aromatic nitrogens is 1. The second-order valence-electron chi connectivity index (χ2n) is 4.21. The number of hydrogen-bond donors (Lipinski definition) is 2. The lowest BCUT2D eigenvalue weighted by molar-refractivity contribution is 0.0930. The highest BCUT2D eigenvalue weighted by Gasteiger charge is 2.26. The highest BCUT2D eigenvalue weighted by molar-refractivity contribution is 7.99. The van der Waals surface area contributed by atoms with Gasteiger partial charge < -0.3 is 10.4 Å². The van der Waals surface area contributed by atoms with Gasteiger partial charge in [-0.2, -0.15) is 11.8 Å². The molecule has 1 fully saturated rings. The van der Waals surface area contributed by atoms with Gasteiger partial charge in [0.25, 0.3) is 5.91 Å². The molecule has 2 N–H and O–H groups in total. The second kappa shape index (κ2) is 5.40. The van der Waals surface area contributed by atoms with Gasteiger partial charge in [0.1, 0.15) is 5.75 Å². The van der Waals surface area contributed by atoms with Gasteiger partial charge in [-0.3, -0.25) is 4.79 Å². The van der Waals surface area contributed by atoms with Gasteiger partial charge in [0, 0.05) is 17.5 Å². The van der Waals surface area contributed by atoms with Gasteiger partial charge in [0.15, 0.2) is 5.69 Å². The molecule has 1 aliphatic rings. The zero-order chi connectivity index (χ0) is 12.3. The van der Waals surface area contributed by atoms with Crippen LogP contribution in [0, 0.1) is 0 Å². The number of thioether (sulfide) groups is 1. The highest BCUT2D eigenvalue weighted by atomic mass is 32.2. The number of rotatable bonds is 3. The fraction of sp³-hybridized carbons (Fsp3) is 0.500. The summed E-state index contributed by atoms with van der Waals surface area (Å²) in [7, 11) is 0. The van der Waals surface area contributed by atoms with Gasteiger partial charge in [0.05, 0.1) is 0 Å². The molecule has 92 valence electrons. The van der Waals surface area contributed by atoms with E-state index in [2.05, 4.69) is 16.6 Å². The van der Waals surface area contributed by atoms with Crippen molar-refractivity contribution in [1.82, 2.24) is 10.3 Å². The SMILES string of the molecule is CSC1CCC(NC(=O)c2ncccc2O)C1. The van der Waals surface area contributed by atoms with Gasteiger partial charge >= 0.3 is 0 Å². The number of hydrogen-bond acceptors (Lipinski definition) is 4. The second-order valence-corrected chi connectivity index (χ2v) is 5.35. The predicted octanol–water partition coefficient (Wildman–Crippen LogP) is 1.80. The molecule has 2 rings (SSSR count). The minimum atomic E-state index is -0.283. The first-order chi connectivity index (χ1) is 8.20. The maximum absolute atomic E-state index is 11.9. The summed E-state index contributed by atoms with van der Waals surface area (Å²) in [5.74, 6) is -0.348. The average molecular weight is 252 g/mol. The molecule has 1 heterocycles. The van der Waals surface area contributed by atoms with E-state index in [1.54, 1.807) is 6.07 Å². The maximum atomic E-state index is 11.9. The van der Waals surface area contributed by atoms with Crippen LogP contribution >= 0.6 is 11.8 Å². The van der Waals surface area contributed by atoms with E-state index in [4.69, 9.17) is 0 Å². The Hall–Kier alpha value is -1.23. The molecule has 17 heavy (non-hydrogen) atoms. The molecule has 2 atom stereocenters. The lowest BCUT2D eigenvalue weighted by atomic mass is 10.2. The highest BCUT2D eigenvalue weighted by Crippen LogP contribution is 2.28. The Kier molecular flexibility index (Phi) is 3.89. The van der Waals surface area contributed by atoms with Gasteiger partial charge in [-0.15, -0.1) is 0 Å². The van der Waals surface area contributed by atoms with Crippen molar-refractivity contribution in [3.8, 4) is 5.75 Å². The van der Waals surface area contributed by atoms with Crippen LogP contribution in [0.15, 0.2) is 18.3 Å². The van der Waals surface area contributed by atoms with E-state index in [1.165, 1.54) is 12.3 Å². The third-order valence-electron chi connectivity index (χ3n) is 3.05. The fourth-order valence-corrected chi connectivity index (χ4v) is 2.91. The molecule has 0 bridgehead atoms. The molecule has 0 radical (unpaired) electrons. The Morgan fingerprint density at radius 2 is 2.41 bits per heavy atom. The van der Waals surface area contributed by atoms with Crippen molar-refractivity contribution < 1.29 is 9.90 Å². The minimum Gasteiger partial charge on any atom is -0.505 e. The number of carbonyl (C=O) groups excluding carboxylic acids is 1. The molecule has 4 nitrogen and oxygen atoms in total. The van der Waals surface area contributed by atoms with E-state index in [-0.39, 0.29) is 23.4 Å². The van der Waals surface area contributed by atoms with Crippen molar-refractivity contribution in [2.24, 2.45) is 0 Å². The smallest absolute Gasteiger partial charge is 0.273 e. The number of carbonyl (C=O) groups is 1. The molecule has 0 aromatic carbocycles. The Balaban J connectivity index is 1.96. The molecule has 1 saturated carbocycles. The number of aromatic hydroxyl groups is 1. The van der Waals surface area contributed by atoms with Crippen molar-refractivity contribution >= 4 is 17.7 Å². The quantitative estimate of drug-likeness (QED) is 0.861. The average Bonchev–Trinajstić information content (AvgIpc) is 2.77.